The molecule has 2 aromatic carbocycles. The minimum atomic E-state index is -4.09. The number of rotatable bonds is 8. The number of amides is 1. The Bertz CT molecular complexity index is 981. The molecule has 0 saturated carbocycles. The van der Waals surface area contributed by atoms with Crippen LogP contribution in [0.25, 0.3) is 0 Å². The summed E-state index contributed by atoms with van der Waals surface area (Å²) in [4.78, 5) is 24.5. The molecule has 2 aromatic rings. The molecule has 0 atom stereocenters. The summed E-state index contributed by atoms with van der Waals surface area (Å²) < 4.78 is 32.7. The van der Waals surface area contributed by atoms with Crippen LogP contribution in [0.1, 0.15) is 50.7 Å². The third-order valence-electron chi connectivity index (χ3n) is 4.30. The Kier molecular flexibility index (Phi) is 7.56. The van der Waals surface area contributed by atoms with E-state index in [0.29, 0.717) is 30.6 Å². The zero-order valence-corrected chi connectivity index (χ0v) is 18.1. The summed E-state index contributed by atoms with van der Waals surface area (Å²) in [6.07, 6.45) is 1.58. The quantitative estimate of drug-likeness (QED) is 0.466. The standard InChI is InChI=1S/C22H27NO5S/c1-5-7-21(24)23(29(26,27)20-14-9-16(3)15-17(20)4)18-10-12-19(13-11-18)28-22(25)8-6-2/h9-15H,5-8H2,1-4H3. The molecule has 29 heavy (non-hydrogen) atoms. The monoisotopic (exact) mass is 417 g/mol. The van der Waals surface area contributed by atoms with Gasteiger partial charge in [0, 0.05) is 12.8 Å². The minimum Gasteiger partial charge on any atom is -0.427 e. The van der Waals surface area contributed by atoms with E-state index < -0.39 is 15.9 Å². The zero-order chi connectivity index (χ0) is 21.6. The fourth-order valence-corrected chi connectivity index (χ4v) is 4.62. The Morgan fingerprint density at radius 3 is 2.10 bits per heavy atom. The average molecular weight is 418 g/mol. The molecule has 0 fully saturated rings. The van der Waals surface area contributed by atoms with E-state index in [1.54, 1.807) is 19.1 Å². The number of esters is 1. The number of aryl methyl sites for hydroxylation is 2. The van der Waals surface area contributed by atoms with Crippen molar-refractivity contribution in [1.82, 2.24) is 0 Å². The lowest BCUT2D eigenvalue weighted by Crippen LogP contribution is -2.37. The molecule has 0 saturated heterocycles. The van der Waals surface area contributed by atoms with Crippen LogP contribution in [0, 0.1) is 13.8 Å². The van der Waals surface area contributed by atoms with Crippen molar-refractivity contribution in [2.75, 3.05) is 4.31 Å². The zero-order valence-electron chi connectivity index (χ0n) is 17.3. The lowest BCUT2D eigenvalue weighted by Gasteiger charge is -2.24. The van der Waals surface area contributed by atoms with Crippen molar-refractivity contribution >= 4 is 27.6 Å². The van der Waals surface area contributed by atoms with E-state index in [2.05, 4.69) is 0 Å². The van der Waals surface area contributed by atoms with Crippen molar-refractivity contribution < 1.29 is 22.7 Å². The molecule has 0 heterocycles. The fraction of sp³-hybridized carbons (Fsp3) is 0.364. The van der Waals surface area contributed by atoms with Crippen LogP contribution in [0.3, 0.4) is 0 Å². The van der Waals surface area contributed by atoms with Crippen molar-refractivity contribution in [2.24, 2.45) is 0 Å². The molecule has 0 aliphatic rings. The second-order valence-corrected chi connectivity index (χ2v) is 8.66. The predicted octanol–water partition coefficient (Wildman–Crippen LogP) is 4.53. The number of benzene rings is 2. The third kappa shape index (κ3) is 5.44. The summed E-state index contributed by atoms with van der Waals surface area (Å²) in [5, 5.41) is 0. The van der Waals surface area contributed by atoms with Crippen LogP contribution < -0.4 is 9.04 Å². The average Bonchev–Trinajstić information content (AvgIpc) is 2.63. The lowest BCUT2D eigenvalue weighted by molar-refractivity contribution is -0.134. The first-order valence-electron chi connectivity index (χ1n) is 9.66. The number of sulfonamides is 1. The Labute approximate surface area is 172 Å². The van der Waals surface area contributed by atoms with E-state index in [1.165, 1.54) is 30.3 Å². The van der Waals surface area contributed by atoms with Crippen molar-refractivity contribution in [3.05, 3.63) is 53.6 Å². The third-order valence-corrected chi connectivity index (χ3v) is 6.21. The molecule has 0 bridgehead atoms. The van der Waals surface area contributed by atoms with Gasteiger partial charge < -0.3 is 4.74 Å². The number of carbonyl (C=O) groups is 2. The Morgan fingerprint density at radius 1 is 0.931 bits per heavy atom. The molecule has 0 aliphatic carbocycles. The second-order valence-electron chi connectivity index (χ2n) is 6.90. The highest BCUT2D eigenvalue weighted by atomic mass is 32.2. The van der Waals surface area contributed by atoms with Crippen LogP contribution in [-0.2, 0) is 19.6 Å². The van der Waals surface area contributed by atoms with Gasteiger partial charge in [-0.3, -0.25) is 9.59 Å². The SMILES string of the molecule is CCCC(=O)Oc1ccc(N(C(=O)CCC)S(=O)(=O)c2ccc(C)cc2C)cc1. The molecule has 6 nitrogen and oxygen atoms in total. The van der Waals surface area contributed by atoms with Crippen LogP contribution in [0.15, 0.2) is 47.4 Å². The van der Waals surface area contributed by atoms with Gasteiger partial charge >= 0.3 is 5.97 Å². The molecule has 0 N–H and O–H groups in total. The Hall–Kier alpha value is -2.67. The molecular weight excluding hydrogens is 390 g/mol. The molecule has 156 valence electrons. The topological polar surface area (TPSA) is 80.8 Å². The molecule has 7 heteroatoms. The Balaban J connectivity index is 2.45. The number of nitrogens with zero attached hydrogens (tertiary/aromatic N) is 1. The van der Waals surface area contributed by atoms with Gasteiger partial charge in [-0.2, -0.15) is 0 Å². The molecule has 2 rings (SSSR count). The second kappa shape index (κ2) is 9.69. The molecular formula is C22H27NO5S. The molecule has 0 aromatic heterocycles. The van der Waals surface area contributed by atoms with Crippen molar-refractivity contribution in [1.29, 1.82) is 0 Å². The van der Waals surface area contributed by atoms with Crippen molar-refractivity contribution in [3.8, 4) is 5.75 Å². The van der Waals surface area contributed by atoms with Crippen molar-refractivity contribution in [2.45, 2.75) is 58.3 Å². The van der Waals surface area contributed by atoms with Crippen LogP contribution in [0.5, 0.6) is 5.75 Å². The van der Waals surface area contributed by atoms with Crippen LogP contribution in [-0.4, -0.2) is 20.3 Å². The van der Waals surface area contributed by atoms with Crippen LogP contribution in [0.2, 0.25) is 0 Å². The van der Waals surface area contributed by atoms with E-state index >= 15 is 0 Å². The summed E-state index contributed by atoms with van der Waals surface area (Å²) in [6, 6.07) is 10.9. The predicted molar refractivity (Wildman–Crippen MR) is 112 cm³/mol. The normalized spacial score (nSPS) is 11.2. The van der Waals surface area contributed by atoms with Gasteiger partial charge in [-0.1, -0.05) is 31.5 Å². The summed E-state index contributed by atoms with van der Waals surface area (Å²) in [5.74, 6) is -0.565. The van der Waals surface area contributed by atoms with E-state index in [-0.39, 0.29) is 23.0 Å². The van der Waals surface area contributed by atoms with E-state index in [9.17, 15) is 18.0 Å². The molecule has 0 radical (unpaired) electrons. The number of ether oxygens (including phenoxy) is 1. The van der Waals surface area contributed by atoms with Gasteiger partial charge in [-0.25, -0.2) is 12.7 Å². The maximum Gasteiger partial charge on any atom is 0.311 e. The van der Waals surface area contributed by atoms with Gasteiger partial charge in [-0.15, -0.1) is 0 Å². The highest BCUT2D eigenvalue weighted by Crippen LogP contribution is 2.29. The number of hydrogen-bond acceptors (Lipinski definition) is 5. The first kappa shape index (κ1) is 22.6. The van der Waals surface area contributed by atoms with Gasteiger partial charge in [0.1, 0.15) is 5.75 Å². The summed E-state index contributed by atoms with van der Waals surface area (Å²) in [7, 11) is -4.09. The van der Waals surface area contributed by atoms with Gasteiger partial charge in [0.15, 0.2) is 0 Å². The number of carbonyl (C=O) groups excluding carboxylic acids is 2. The van der Waals surface area contributed by atoms with Gasteiger partial charge in [-0.05, 0) is 62.6 Å². The summed E-state index contributed by atoms with van der Waals surface area (Å²) in [5.41, 5.74) is 1.72. The lowest BCUT2D eigenvalue weighted by atomic mass is 10.2. The fourth-order valence-electron chi connectivity index (χ4n) is 2.96. The number of anilines is 1. The van der Waals surface area contributed by atoms with E-state index in [4.69, 9.17) is 4.74 Å². The van der Waals surface area contributed by atoms with Gasteiger partial charge in [0.25, 0.3) is 10.0 Å². The highest BCUT2D eigenvalue weighted by Gasteiger charge is 2.31. The minimum absolute atomic E-state index is 0.0889. The Morgan fingerprint density at radius 2 is 1.55 bits per heavy atom. The maximum atomic E-state index is 13.3. The molecule has 0 aliphatic heterocycles. The van der Waals surface area contributed by atoms with Crippen molar-refractivity contribution in [3.63, 3.8) is 0 Å². The largest absolute Gasteiger partial charge is 0.427 e. The molecule has 0 unspecified atom stereocenters. The highest BCUT2D eigenvalue weighted by molar-refractivity contribution is 7.93. The first-order valence-corrected chi connectivity index (χ1v) is 11.1. The van der Waals surface area contributed by atoms with Gasteiger partial charge in [0.2, 0.25) is 5.91 Å². The van der Waals surface area contributed by atoms with E-state index in [0.717, 1.165) is 9.87 Å². The smallest absolute Gasteiger partial charge is 0.311 e. The molecule has 1 amide bonds. The van der Waals surface area contributed by atoms with Gasteiger partial charge in [0.05, 0.1) is 10.6 Å². The molecule has 0 spiro atoms. The van der Waals surface area contributed by atoms with Crippen LogP contribution >= 0.6 is 0 Å². The number of hydrogen-bond donors (Lipinski definition) is 0. The maximum absolute atomic E-state index is 13.3. The summed E-state index contributed by atoms with van der Waals surface area (Å²) >= 11 is 0. The summed E-state index contributed by atoms with van der Waals surface area (Å²) in [6.45, 7) is 7.27. The first-order chi connectivity index (χ1) is 13.7. The van der Waals surface area contributed by atoms with Crippen LogP contribution in [0.4, 0.5) is 5.69 Å². The van der Waals surface area contributed by atoms with E-state index in [1.807, 2.05) is 20.8 Å².